The highest BCUT2D eigenvalue weighted by Crippen LogP contribution is 2.24. The number of aromatic nitrogens is 2. The fourth-order valence-corrected chi connectivity index (χ4v) is 3.99. The van der Waals surface area contributed by atoms with E-state index in [9.17, 15) is 19.2 Å². The Bertz CT molecular complexity index is 1000. The second kappa shape index (κ2) is 10.4. The maximum absolute atomic E-state index is 13.4. The molecule has 0 spiro atoms. The van der Waals surface area contributed by atoms with Gasteiger partial charge in [-0.05, 0) is 44.4 Å². The highest BCUT2D eigenvalue weighted by Gasteiger charge is 2.48. The van der Waals surface area contributed by atoms with Gasteiger partial charge in [0.15, 0.2) is 16.6 Å². The molecule has 13 heteroatoms. The van der Waals surface area contributed by atoms with Crippen LogP contribution in [0.15, 0.2) is 37.3 Å². The molecule has 0 bridgehead atoms. The Hall–Kier alpha value is -2.19. The second-order valence-electron chi connectivity index (χ2n) is 6.90. The third-order valence-electron chi connectivity index (χ3n) is 4.29. The minimum atomic E-state index is -0.557. The summed E-state index contributed by atoms with van der Waals surface area (Å²) in [6.45, 7) is 4.23. The molecule has 31 heavy (non-hydrogen) atoms. The predicted molar refractivity (Wildman–Crippen MR) is 114 cm³/mol. The molecule has 0 radical (unpaired) electrons. The van der Waals surface area contributed by atoms with Crippen LogP contribution >= 0.6 is 27.7 Å². The molecule has 1 saturated carbocycles. The molecule has 1 aromatic heterocycles. The molecule has 10 nitrogen and oxygen atoms in total. The number of nitrogens with one attached hydrogen (secondary N) is 3. The van der Waals surface area contributed by atoms with Crippen molar-refractivity contribution in [1.82, 2.24) is 26.4 Å². The van der Waals surface area contributed by atoms with Crippen molar-refractivity contribution in [1.29, 1.82) is 0 Å². The Balaban J connectivity index is 1.60. The second-order valence-corrected chi connectivity index (χ2v) is 8.83. The van der Waals surface area contributed by atoms with Crippen molar-refractivity contribution in [3.8, 4) is 0 Å². The average Bonchev–Trinajstić information content (AvgIpc) is 3.21. The number of nitrogens with zero attached hydrogens (tertiary/aromatic N) is 3. The molecule has 1 aromatic carbocycles. The number of benzene rings is 1. The van der Waals surface area contributed by atoms with E-state index in [0.29, 0.717) is 23.0 Å². The van der Waals surface area contributed by atoms with E-state index in [4.69, 9.17) is 4.63 Å². The minimum Gasteiger partial charge on any atom is -0.305 e. The zero-order chi connectivity index (χ0) is 22.5. The molecule has 2 aromatic rings. The smallest absolute Gasteiger partial charge is 0.219 e. The van der Waals surface area contributed by atoms with Crippen LogP contribution in [0.5, 0.6) is 0 Å². The number of Topliss-reactive ketones (excluding diaryl/α,β-unsaturated/α-hetero) is 2. The third kappa shape index (κ3) is 5.54. The number of halogens is 2. The molecule has 0 aliphatic heterocycles. The Labute approximate surface area is 189 Å². The van der Waals surface area contributed by atoms with Gasteiger partial charge in [0, 0.05) is 18.3 Å². The van der Waals surface area contributed by atoms with Crippen molar-refractivity contribution in [2.24, 2.45) is 4.99 Å². The Kier molecular flexibility index (Phi) is 7.89. The molecule has 1 fully saturated rings. The molecule has 2 unspecified atom stereocenters. The summed E-state index contributed by atoms with van der Waals surface area (Å²) in [6.07, 6.45) is 0. The van der Waals surface area contributed by atoms with E-state index in [0.717, 1.165) is 0 Å². The number of amidine groups is 1. The van der Waals surface area contributed by atoms with Crippen LogP contribution in [0.3, 0.4) is 0 Å². The molecule has 0 amide bonds. The van der Waals surface area contributed by atoms with Crippen LogP contribution in [-0.2, 0) is 9.59 Å². The van der Waals surface area contributed by atoms with Gasteiger partial charge in [-0.3, -0.25) is 20.3 Å². The standard InChI is InChI=1S/C18H20BrFN6O4S/c1-8(2)22-13-12(15(27)16(13)28)21-5-6-31-18-14(25-30-26-18)17(24-29)23-9-3-4-11(20)10(19)7-9/h3-4,7-8,12-13,21-22,29H,5-6H2,1-2H3,(H,23,24). The molecule has 1 heterocycles. The molecule has 1 aliphatic rings. The summed E-state index contributed by atoms with van der Waals surface area (Å²) in [5.41, 5.74) is 2.48. The fourth-order valence-electron chi connectivity index (χ4n) is 2.85. The van der Waals surface area contributed by atoms with Gasteiger partial charge < -0.3 is 10.6 Å². The summed E-state index contributed by atoms with van der Waals surface area (Å²) in [7, 11) is 0. The van der Waals surface area contributed by atoms with Crippen LogP contribution in [0.1, 0.15) is 19.5 Å². The first-order valence-corrected chi connectivity index (χ1v) is 11.1. The lowest BCUT2D eigenvalue weighted by Crippen LogP contribution is -2.70. The molecule has 3 rings (SSSR count). The molecule has 0 saturated heterocycles. The normalized spacial score (nSPS) is 19.1. The Morgan fingerprint density at radius 1 is 1.32 bits per heavy atom. The number of aliphatic imine (C=N–C) groups is 1. The Morgan fingerprint density at radius 3 is 2.74 bits per heavy atom. The van der Waals surface area contributed by atoms with E-state index < -0.39 is 29.5 Å². The number of carbonyl (C=O) groups excluding carboxylic acids is 2. The lowest BCUT2D eigenvalue weighted by Gasteiger charge is -2.35. The van der Waals surface area contributed by atoms with E-state index in [1.807, 2.05) is 19.3 Å². The molecule has 2 atom stereocenters. The van der Waals surface area contributed by atoms with Crippen molar-refractivity contribution in [3.05, 3.63) is 34.2 Å². The quantitative estimate of drug-likeness (QED) is 0.0972. The number of hydrogen-bond donors (Lipinski definition) is 4. The molecular formula is C18H20BrFN6O4S. The Morgan fingerprint density at radius 2 is 2.06 bits per heavy atom. The van der Waals surface area contributed by atoms with Crippen molar-refractivity contribution in [2.75, 3.05) is 12.3 Å². The van der Waals surface area contributed by atoms with Gasteiger partial charge in [0.1, 0.15) is 5.82 Å². The summed E-state index contributed by atoms with van der Waals surface area (Å²) in [5, 5.41) is 23.5. The summed E-state index contributed by atoms with van der Waals surface area (Å²) in [4.78, 5) is 27.7. The van der Waals surface area contributed by atoms with Crippen LogP contribution in [-0.4, -0.2) is 63.3 Å². The molecule has 166 valence electrons. The average molecular weight is 515 g/mol. The number of rotatable bonds is 9. The number of thioether (sulfide) groups is 1. The van der Waals surface area contributed by atoms with Crippen LogP contribution < -0.4 is 16.1 Å². The zero-order valence-corrected chi connectivity index (χ0v) is 19.0. The zero-order valence-electron chi connectivity index (χ0n) is 16.6. The fraction of sp³-hybridized carbons (Fsp3) is 0.389. The van der Waals surface area contributed by atoms with Crippen molar-refractivity contribution in [2.45, 2.75) is 37.0 Å². The van der Waals surface area contributed by atoms with Gasteiger partial charge in [-0.2, -0.15) is 0 Å². The first-order valence-electron chi connectivity index (χ1n) is 9.29. The van der Waals surface area contributed by atoms with E-state index in [1.165, 1.54) is 30.0 Å². The summed E-state index contributed by atoms with van der Waals surface area (Å²) < 4.78 is 18.4. The van der Waals surface area contributed by atoms with Crippen molar-refractivity contribution >= 4 is 50.8 Å². The summed E-state index contributed by atoms with van der Waals surface area (Å²) in [5.74, 6) is -0.840. The van der Waals surface area contributed by atoms with E-state index >= 15 is 0 Å². The first-order chi connectivity index (χ1) is 14.8. The van der Waals surface area contributed by atoms with Gasteiger partial charge in [-0.15, -0.1) is 0 Å². The van der Waals surface area contributed by atoms with Crippen LogP contribution in [0.2, 0.25) is 0 Å². The molecular weight excluding hydrogens is 495 g/mol. The lowest BCUT2D eigenvalue weighted by atomic mass is 9.82. The maximum Gasteiger partial charge on any atom is 0.219 e. The summed E-state index contributed by atoms with van der Waals surface area (Å²) in [6, 6.07) is 3.10. The van der Waals surface area contributed by atoms with Crippen LogP contribution in [0.25, 0.3) is 0 Å². The van der Waals surface area contributed by atoms with E-state index in [1.54, 1.807) is 0 Å². The minimum absolute atomic E-state index is 0.0313. The van der Waals surface area contributed by atoms with E-state index in [-0.39, 0.29) is 22.0 Å². The van der Waals surface area contributed by atoms with Crippen LogP contribution in [0.4, 0.5) is 10.1 Å². The van der Waals surface area contributed by atoms with Crippen molar-refractivity contribution in [3.63, 3.8) is 0 Å². The van der Waals surface area contributed by atoms with Crippen molar-refractivity contribution < 1.29 is 23.8 Å². The number of carbonyl (C=O) groups is 2. The number of hydrogen-bond acceptors (Lipinski definition) is 10. The number of hydroxylamine groups is 1. The number of ketones is 2. The highest BCUT2D eigenvalue weighted by atomic mass is 79.9. The highest BCUT2D eigenvalue weighted by molar-refractivity contribution is 9.10. The summed E-state index contributed by atoms with van der Waals surface area (Å²) >= 11 is 4.34. The van der Waals surface area contributed by atoms with Crippen LogP contribution in [0, 0.1) is 5.82 Å². The molecule has 1 aliphatic carbocycles. The predicted octanol–water partition coefficient (Wildman–Crippen LogP) is 1.60. The monoisotopic (exact) mass is 514 g/mol. The van der Waals surface area contributed by atoms with Gasteiger partial charge in [-0.25, -0.2) is 14.0 Å². The largest absolute Gasteiger partial charge is 0.305 e. The SMILES string of the molecule is CC(C)NC1C(=O)C(=O)C1NCCSc1nonc1C(=Nc1ccc(F)c(Br)c1)NO. The van der Waals surface area contributed by atoms with Gasteiger partial charge in [0.05, 0.1) is 22.2 Å². The lowest BCUT2D eigenvalue weighted by molar-refractivity contribution is -0.147. The first kappa shape index (κ1) is 23.5. The van der Waals surface area contributed by atoms with Gasteiger partial charge in [-0.1, -0.05) is 25.6 Å². The maximum atomic E-state index is 13.4. The van der Waals surface area contributed by atoms with E-state index in [2.05, 4.69) is 41.9 Å². The topological polar surface area (TPSA) is 142 Å². The van der Waals surface area contributed by atoms with Gasteiger partial charge in [0.25, 0.3) is 0 Å². The van der Waals surface area contributed by atoms with Gasteiger partial charge in [0.2, 0.25) is 11.6 Å². The third-order valence-corrected chi connectivity index (χ3v) is 5.85. The van der Waals surface area contributed by atoms with Gasteiger partial charge >= 0.3 is 0 Å². The molecule has 4 N–H and O–H groups in total.